The molecule has 0 N–H and O–H groups in total. The van der Waals surface area contributed by atoms with Gasteiger partial charge in [0.25, 0.3) is 0 Å². The summed E-state index contributed by atoms with van der Waals surface area (Å²) in [7, 11) is 0. The van der Waals surface area contributed by atoms with E-state index in [-0.39, 0.29) is 0 Å². The zero-order chi connectivity index (χ0) is 15.5. The SMILES string of the molecule is Cc1cccc([C@H]2CCCN2CC(=O)N2CCC[C@H](C)C2)c1. The molecular formula is C19H28N2O. The number of carbonyl (C=O) groups excluding carboxylic acids is 1. The van der Waals surface area contributed by atoms with Crippen LogP contribution in [0.15, 0.2) is 24.3 Å². The monoisotopic (exact) mass is 300 g/mol. The van der Waals surface area contributed by atoms with Crippen molar-refractivity contribution < 1.29 is 4.79 Å². The Hall–Kier alpha value is -1.35. The number of likely N-dealkylation sites (tertiary alicyclic amines) is 2. The van der Waals surface area contributed by atoms with E-state index in [2.05, 4.69) is 47.9 Å². The molecule has 0 bridgehead atoms. The van der Waals surface area contributed by atoms with Crippen LogP contribution >= 0.6 is 0 Å². The van der Waals surface area contributed by atoms with E-state index in [0.29, 0.717) is 24.4 Å². The van der Waals surface area contributed by atoms with E-state index in [9.17, 15) is 4.79 Å². The van der Waals surface area contributed by atoms with Gasteiger partial charge in [-0.15, -0.1) is 0 Å². The summed E-state index contributed by atoms with van der Waals surface area (Å²) in [6, 6.07) is 9.18. The van der Waals surface area contributed by atoms with E-state index < -0.39 is 0 Å². The zero-order valence-corrected chi connectivity index (χ0v) is 13.9. The van der Waals surface area contributed by atoms with Gasteiger partial charge in [0.05, 0.1) is 6.54 Å². The second-order valence-electron chi connectivity index (χ2n) is 7.13. The molecule has 1 amide bonds. The van der Waals surface area contributed by atoms with Crippen molar-refractivity contribution in [2.24, 2.45) is 5.92 Å². The Morgan fingerprint density at radius 1 is 1.23 bits per heavy atom. The number of carbonyl (C=O) groups is 1. The van der Waals surface area contributed by atoms with Crippen LogP contribution < -0.4 is 0 Å². The smallest absolute Gasteiger partial charge is 0.236 e. The lowest BCUT2D eigenvalue weighted by molar-refractivity contribution is -0.134. The lowest BCUT2D eigenvalue weighted by atomic mass is 10.00. The van der Waals surface area contributed by atoms with Crippen molar-refractivity contribution in [1.29, 1.82) is 0 Å². The minimum atomic E-state index is 0.325. The molecule has 1 aromatic rings. The molecule has 0 spiro atoms. The third-order valence-corrected chi connectivity index (χ3v) is 5.14. The Balaban J connectivity index is 1.64. The van der Waals surface area contributed by atoms with Crippen molar-refractivity contribution in [2.75, 3.05) is 26.2 Å². The Morgan fingerprint density at radius 3 is 2.82 bits per heavy atom. The molecule has 2 aliphatic rings. The molecule has 2 fully saturated rings. The molecule has 2 atom stereocenters. The Bertz CT molecular complexity index is 528. The number of piperidine rings is 1. The quantitative estimate of drug-likeness (QED) is 0.854. The van der Waals surface area contributed by atoms with Crippen LogP contribution in [0.1, 0.15) is 49.8 Å². The number of hydrogen-bond acceptors (Lipinski definition) is 2. The fraction of sp³-hybridized carbons (Fsp3) is 0.632. The van der Waals surface area contributed by atoms with Gasteiger partial charge in [0, 0.05) is 19.1 Å². The van der Waals surface area contributed by atoms with E-state index in [0.717, 1.165) is 26.1 Å². The first-order valence-electron chi connectivity index (χ1n) is 8.72. The lowest BCUT2D eigenvalue weighted by Gasteiger charge is -2.33. The fourth-order valence-corrected chi connectivity index (χ4v) is 3.96. The number of aryl methyl sites for hydroxylation is 1. The summed E-state index contributed by atoms with van der Waals surface area (Å²) < 4.78 is 0. The highest BCUT2D eigenvalue weighted by Gasteiger charge is 2.30. The summed E-state index contributed by atoms with van der Waals surface area (Å²) in [5, 5.41) is 0. The first-order valence-corrected chi connectivity index (χ1v) is 8.72. The number of hydrogen-bond donors (Lipinski definition) is 0. The van der Waals surface area contributed by atoms with Gasteiger partial charge in [0.2, 0.25) is 5.91 Å². The van der Waals surface area contributed by atoms with E-state index in [1.807, 2.05) is 0 Å². The topological polar surface area (TPSA) is 23.6 Å². The summed E-state index contributed by atoms with van der Waals surface area (Å²) in [6.45, 7) is 7.93. The summed E-state index contributed by atoms with van der Waals surface area (Å²) in [5.41, 5.74) is 2.68. The normalized spacial score (nSPS) is 26.4. The highest BCUT2D eigenvalue weighted by atomic mass is 16.2. The summed E-state index contributed by atoms with van der Waals surface area (Å²) in [6.07, 6.45) is 4.79. The van der Waals surface area contributed by atoms with Crippen LogP contribution in [0.3, 0.4) is 0 Å². The van der Waals surface area contributed by atoms with Crippen molar-refractivity contribution in [3.63, 3.8) is 0 Å². The molecule has 0 aromatic heterocycles. The van der Waals surface area contributed by atoms with Gasteiger partial charge in [0.15, 0.2) is 0 Å². The lowest BCUT2D eigenvalue weighted by Crippen LogP contribution is -2.44. The molecule has 2 heterocycles. The summed E-state index contributed by atoms with van der Waals surface area (Å²) in [5.74, 6) is 0.981. The maximum Gasteiger partial charge on any atom is 0.236 e. The van der Waals surface area contributed by atoms with E-state index in [1.54, 1.807) is 0 Å². The second kappa shape index (κ2) is 6.82. The van der Waals surface area contributed by atoms with Crippen LogP contribution in [0, 0.1) is 12.8 Å². The second-order valence-corrected chi connectivity index (χ2v) is 7.13. The molecule has 2 aliphatic heterocycles. The number of rotatable bonds is 3. The highest BCUT2D eigenvalue weighted by molar-refractivity contribution is 5.78. The van der Waals surface area contributed by atoms with Gasteiger partial charge in [0.1, 0.15) is 0 Å². The highest BCUT2D eigenvalue weighted by Crippen LogP contribution is 2.32. The number of nitrogens with zero attached hydrogens (tertiary/aromatic N) is 2. The summed E-state index contributed by atoms with van der Waals surface area (Å²) in [4.78, 5) is 17.1. The molecule has 0 radical (unpaired) electrons. The molecule has 0 unspecified atom stereocenters. The van der Waals surface area contributed by atoms with E-state index in [1.165, 1.54) is 30.4 Å². The predicted molar refractivity (Wildman–Crippen MR) is 89.7 cm³/mol. The number of amides is 1. The third kappa shape index (κ3) is 3.52. The van der Waals surface area contributed by atoms with Gasteiger partial charge in [-0.2, -0.15) is 0 Å². The minimum absolute atomic E-state index is 0.325. The van der Waals surface area contributed by atoms with Gasteiger partial charge in [-0.05, 0) is 50.6 Å². The van der Waals surface area contributed by atoms with Crippen molar-refractivity contribution in [2.45, 2.75) is 45.6 Å². The standard InChI is InChI=1S/C19H28N2O/c1-15-6-3-8-17(12-15)18-9-5-10-20(18)14-19(22)21-11-4-7-16(2)13-21/h3,6,8,12,16,18H,4-5,7,9-11,13-14H2,1-2H3/t16-,18+/m0/s1. The predicted octanol–water partition coefficient (Wildman–Crippen LogP) is 3.39. The first-order chi connectivity index (χ1) is 10.6. The Labute approximate surface area is 134 Å². The van der Waals surface area contributed by atoms with Crippen LogP contribution in [-0.2, 0) is 4.79 Å². The maximum atomic E-state index is 12.6. The van der Waals surface area contributed by atoms with E-state index >= 15 is 0 Å². The molecule has 3 nitrogen and oxygen atoms in total. The average Bonchev–Trinajstić information content (AvgIpc) is 2.95. The fourth-order valence-electron chi connectivity index (χ4n) is 3.96. The van der Waals surface area contributed by atoms with Crippen molar-refractivity contribution in [3.05, 3.63) is 35.4 Å². The molecule has 0 saturated carbocycles. The molecular weight excluding hydrogens is 272 g/mol. The van der Waals surface area contributed by atoms with Gasteiger partial charge in [-0.3, -0.25) is 9.69 Å². The van der Waals surface area contributed by atoms with Crippen molar-refractivity contribution >= 4 is 5.91 Å². The van der Waals surface area contributed by atoms with Crippen LogP contribution in [0.25, 0.3) is 0 Å². The van der Waals surface area contributed by atoms with Gasteiger partial charge in [-0.25, -0.2) is 0 Å². The Kier molecular flexibility index (Phi) is 4.82. The first kappa shape index (κ1) is 15.5. The molecule has 3 heteroatoms. The molecule has 120 valence electrons. The van der Waals surface area contributed by atoms with Crippen LogP contribution in [0.5, 0.6) is 0 Å². The van der Waals surface area contributed by atoms with Gasteiger partial charge < -0.3 is 4.90 Å². The van der Waals surface area contributed by atoms with Crippen LogP contribution in [0.2, 0.25) is 0 Å². The number of benzene rings is 1. The average molecular weight is 300 g/mol. The molecule has 1 aromatic carbocycles. The largest absolute Gasteiger partial charge is 0.341 e. The van der Waals surface area contributed by atoms with Crippen LogP contribution in [-0.4, -0.2) is 41.9 Å². The van der Waals surface area contributed by atoms with Gasteiger partial charge in [-0.1, -0.05) is 36.8 Å². The minimum Gasteiger partial charge on any atom is -0.341 e. The third-order valence-electron chi connectivity index (χ3n) is 5.14. The van der Waals surface area contributed by atoms with E-state index in [4.69, 9.17) is 0 Å². The molecule has 0 aliphatic carbocycles. The Morgan fingerprint density at radius 2 is 2.05 bits per heavy atom. The van der Waals surface area contributed by atoms with Crippen LogP contribution in [0.4, 0.5) is 0 Å². The van der Waals surface area contributed by atoms with Gasteiger partial charge >= 0.3 is 0 Å². The van der Waals surface area contributed by atoms with Crippen molar-refractivity contribution in [1.82, 2.24) is 9.80 Å². The molecule has 3 rings (SSSR count). The maximum absolute atomic E-state index is 12.6. The molecule has 22 heavy (non-hydrogen) atoms. The van der Waals surface area contributed by atoms with Crippen molar-refractivity contribution in [3.8, 4) is 0 Å². The zero-order valence-electron chi connectivity index (χ0n) is 13.9. The summed E-state index contributed by atoms with van der Waals surface area (Å²) >= 11 is 0. The molecule has 2 saturated heterocycles.